The van der Waals surface area contributed by atoms with Gasteiger partial charge in [-0.2, -0.15) is 0 Å². The number of hydrogen-bond donors (Lipinski definition) is 1. The van der Waals surface area contributed by atoms with Gasteiger partial charge in [-0.05, 0) is 12.6 Å². The van der Waals surface area contributed by atoms with Crippen LogP contribution in [0.3, 0.4) is 0 Å². The van der Waals surface area contributed by atoms with E-state index in [2.05, 4.69) is 22.2 Å². The Bertz CT molecular complexity index is 654. The average molecular weight is 313 g/mol. The molecule has 1 aliphatic heterocycles. The highest BCUT2D eigenvalue weighted by molar-refractivity contribution is 5.74. The van der Waals surface area contributed by atoms with E-state index in [1.165, 1.54) is 0 Å². The highest BCUT2D eigenvalue weighted by atomic mass is 16.2. The fourth-order valence-corrected chi connectivity index (χ4v) is 2.92. The standard InChI is InChI=1S/C17H23N5O/c1-20-10-11-22(13-15(20)16-18-8-9-21(16)2)17(23)19-12-14-6-4-3-5-7-14/h3-9,15H,10-13H2,1-2H3,(H,19,23)/t15-/m0/s1. The molecule has 1 fully saturated rings. The lowest BCUT2D eigenvalue weighted by atomic mass is 10.1. The quantitative estimate of drug-likeness (QED) is 0.937. The number of likely N-dealkylation sites (N-methyl/N-ethyl adjacent to an activating group) is 1. The summed E-state index contributed by atoms with van der Waals surface area (Å²) in [4.78, 5) is 21.0. The molecule has 122 valence electrons. The van der Waals surface area contributed by atoms with Gasteiger partial charge in [0.05, 0.1) is 6.04 Å². The van der Waals surface area contributed by atoms with Gasteiger partial charge in [0.15, 0.2) is 0 Å². The second kappa shape index (κ2) is 6.83. The van der Waals surface area contributed by atoms with Crippen molar-refractivity contribution in [2.75, 3.05) is 26.7 Å². The first-order chi connectivity index (χ1) is 11.1. The minimum Gasteiger partial charge on any atom is -0.337 e. The normalized spacial score (nSPS) is 18.9. The summed E-state index contributed by atoms with van der Waals surface area (Å²) in [5.74, 6) is 0.994. The molecular formula is C17H23N5O. The summed E-state index contributed by atoms with van der Waals surface area (Å²) in [5.41, 5.74) is 1.11. The van der Waals surface area contributed by atoms with Gasteiger partial charge in [-0.3, -0.25) is 4.90 Å². The van der Waals surface area contributed by atoms with Crippen molar-refractivity contribution in [1.82, 2.24) is 24.7 Å². The first-order valence-corrected chi connectivity index (χ1v) is 7.89. The predicted molar refractivity (Wildman–Crippen MR) is 88.8 cm³/mol. The number of amides is 2. The van der Waals surface area contributed by atoms with E-state index in [1.54, 1.807) is 6.20 Å². The van der Waals surface area contributed by atoms with Crippen LogP contribution >= 0.6 is 0 Å². The number of nitrogens with zero attached hydrogens (tertiary/aromatic N) is 4. The van der Waals surface area contributed by atoms with Gasteiger partial charge in [-0.1, -0.05) is 30.3 Å². The van der Waals surface area contributed by atoms with E-state index >= 15 is 0 Å². The lowest BCUT2D eigenvalue weighted by molar-refractivity contribution is 0.104. The Morgan fingerprint density at radius 2 is 2.04 bits per heavy atom. The lowest BCUT2D eigenvalue weighted by Crippen LogP contribution is -2.52. The number of benzene rings is 1. The largest absolute Gasteiger partial charge is 0.337 e. The molecule has 1 N–H and O–H groups in total. The van der Waals surface area contributed by atoms with Gasteiger partial charge in [-0.25, -0.2) is 9.78 Å². The minimum absolute atomic E-state index is 0.0128. The number of hydrogen-bond acceptors (Lipinski definition) is 3. The number of rotatable bonds is 3. The number of piperazine rings is 1. The van der Waals surface area contributed by atoms with Crippen molar-refractivity contribution in [3.05, 3.63) is 54.1 Å². The molecular weight excluding hydrogens is 290 g/mol. The molecule has 23 heavy (non-hydrogen) atoms. The molecule has 1 saturated heterocycles. The molecule has 1 aromatic heterocycles. The lowest BCUT2D eigenvalue weighted by Gasteiger charge is -2.38. The third-order valence-electron chi connectivity index (χ3n) is 4.38. The maximum Gasteiger partial charge on any atom is 0.317 e. The molecule has 2 amide bonds. The molecule has 0 radical (unpaired) electrons. The van der Waals surface area contributed by atoms with Crippen molar-refractivity contribution in [3.8, 4) is 0 Å². The van der Waals surface area contributed by atoms with Crippen molar-refractivity contribution in [3.63, 3.8) is 0 Å². The highest BCUT2D eigenvalue weighted by Gasteiger charge is 2.30. The van der Waals surface area contributed by atoms with E-state index in [1.807, 2.05) is 53.0 Å². The maximum absolute atomic E-state index is 12.4. The van der Waals surface area contributed by atoms with E-state index in [4.69, 9.17) is 0 Å². The number of aromatic nitrogens is 2. The number of urea groups is 1. The molecule has 1 aliphatic rings. The molecule has 1 aromatic carbocycles. The highest BCUT2D eigenvalue weighted by Crippen LogP contribution is 2.22. The minimum atomic E-state index is -0.0128. The molecule has 0 saturated carbocycles. The molecule has 6 nitrogen and oxygen atoms in total. The van der Waals surface area contributed by atoms with Crippen molar-refractivity contribution in [1.29, 1.82) is 0 Å². The van der Waals surface area contributed by atoms with Gasteiger partial charge in [-0.15, -0.1) is 0 Å². The third kappa shape index (κ3) is 3.53. The van der Waals surface area contributed by atoms with Crippen LogP contribution in [0.15, 0.2) is 42.7 Å². The first-order valence-electron chi connectivity index (χ1n) is 7.89. The summed E-state index contributed by atoms with van der Waals surface area (Å²) in [7, 11) is 4.07. The molecule has 0 unspecified atom stereocenters. The van der Waals surface area contributed by atoms with Crippen molar-refractivity contribution in [2.45, 2.75) is 12.6 Å². The van der Waals surface area contributed by atoms with Crippen LogP contribution in [-0.2, 0) is 13.6 Å². The summed E-state index contributed by atoms with van der Waals surface area (Å²) in [6.07, 6.45) is 3.75. The van der Waals surface area contributed by atoms with Gasteiger partial charge in [0.1, 0.15) is 5.82 Å². The molecule has 1 atom stereocenters. The Labute approximate surface area is 136 Å². The molecule has 3 rings (SSSR count). The van der Waals surface area contributed by atoms with Gasteiger partial charge in [0.2, 0.25) is 0 Å². The topological polar surface area (TPSA) is 53.4 Å². The molecule has 0 bridgehead atoms. The maximum atomic E-state index is 12.4. The molecule has 2 heterocycles. The monoisotopic (exact) mass is 313 g/mol. The van der Waals surface area contributed by atoms with Crippen LogP contribution in [0.25, 0.3) is 0 Å². The Balaban J connectivity index is 1.62. The average Bonchev–Trinajstić information content (AvgIpc) is 3.00. The van der Waals surface area contributed by atoms with Crippen molar-refractivity contribution < 1.29 is 4.79 Å². The van der Waals surface area contributed by atoms with Gasteiger partial charge < -0.3 is 14.8 Å². The number of imidazole rings is 1. The Morgan fingerprint density at radius 3 is 2.74 bits per heavy atom. The molecule has 0 aliphatic carbocycles. The number of nitrogens with one attached hydrogen (secondary N) is 1. The van der Waals surface area contributed by atoms with Crippen LogP contribution in [0.4, 0.5) is 4.79 Å². The van der Waals surface area contributed by atoms with Crippen molar-refractivity contribution in [2.24, 2.45) is 7.05 Å². The third-order valence-corrected chi connectivity index (χ3v) is 4.38. The van der Waals surface area contributed by atoms with E-state index in [0.29, 0.717) is 13.1 Å². The second-order valence-electron chi connectivity index (χ2n) is 5.98. The number of aryl methyl sites for hydroxylation is 1. The van der Waals surface area contributed by atoms with E-state index < -0.39 is 0 Å². The van der Waals surface area contributed by atoms with E-state index in [9.17, 15) is 4.79 Å². The van der Waals surface area contributed by atoms with Crippen LogP contribution in [0.1, 0.15) is 17.4 Å². The second-order valence-corrected chi connectivity index (χ2v) is 5.98. The Morgan fingerprint density at radius 1 is 1.26 bits per heavy atom. The van der Waals surface area contributed by atoms with Crippen LogP contribution in [0.2, 0.25) is 0 Å². The molecule has 2 aromatic rings. The van der Waals surface area contributed by atoms with Gasteiger partial charge in [0, 0.05) is 45.6 Å². The number of carbonyl (C=O) groups is 1. The first kappa shape index (κ1) is 15.6. The Kier molecular flexibility index (Phi) is 4.62. The van der Waals surface area contributed by atoms with E-state index in [0.717, 1.165) is 24.5 Å². The van der Waals surface area contributed by atoms with Crippen molar-refractivity contribution >= 4 is 6.03 Å². The zero-order valence-corrected chi connectivity index (χ0v) is 13.6. The summed E-state index contributed by atoms with van der Waals surface area (Å²) >= 11 is 0. The SMILES string of the molecule is CN1CCN(C(=O)NCc2ccccc2)C[C@H]1c1nccn1C. The van der Waals surface area contributed by atoms with Crippen LogP contribution in [0, 0.1) is 0 Å². The molecule has 6 heteroatoms. The summed E-state index contributed by atoms with van der Waals surface area (Å²) in [6.45, 7) is 2.79. The fourth-order valence-electron chi connectivity index (χ4n) is 2.92. The van der Waals surface area contributed by atoms with Crippen LogP contribution in [-0.4, -0.2) is 52.1 Å². The van der Waals surface area contributed by atoms with Gasteiger partial charge in [0.25, 0.3) is 0 Å². The van der Waals surface area contributed by atoms with Gasteiger partial charge >= 0.3 is 6.03 Å². The summed E-state index contributed by atoms with van der Waals surface area (Å²) in [5, 5.41) is 3.01. The summed E-state index contributed by atoms with van der Waals surface area (Å²) in [6, 6.07) is 10.1. The fraction of sp³-hybridized carbons (Fsp3) is 0.412. The zero-order chi connectivity index (χ0) is 16.2. The number of carbonyl (C=O) groups excluding carboxylic acids is 1. The van der Waals surface area contributed by atoms with E-state index in [-0.39, 0.29) is 12.1 Å². The Hall–Kier alpha value is -2.34. The van der Waals surface area contributed by atoms with Crippen LogP contribution in [0.5, 0.6) is 0 Å². The predicted octanol–water partition coefficient (Wildman–Crippen LogP) is 1.62. The zero-order valence-electron chi connectivity index (χ0n) is 13.6. The summed E-state index contributed by atoms with van der Waals surface area (Å²) < 4.78 is 2.02. The smallest absolute Gasteiger partial charge is 0.317 e. The van der Waals surface area contributed by atoms with Crippen LogP contribution < -0.4 is 5.32 Å². The molecule has 0 spiro atoms.